The van der Waals surface area contributed by atoms with Gasteiger partial charge < -0.3 is 0 Å². The van der Waals surface area contributed by atoms with Crippen LogP contribution in [0.25, 0.3) is 0 Å². The number of halogens is 1. The van der Waals surface area contributed by atoms with Gasteiger partial charge in [0.2, 0.25) is 0 Å². The van der Waals surface area contributed by atoms with Crippen molar-refractivity contribution < 1.29 is 4.79 Å². The summed E-state index contributed by atoms with van der Waals surface area (Å²) in [5.74, 6) is -0.114. The van der Waals surface area contributed by atoms with Crippen LogP contribution in [0.5, 0.6) is 0 Å². The lowest BCUT2D eigenvalue weighted by molar-refractivity contribution is 0.0711. The lowest BCUT2D eigenvalue weighted by Gasteiger charge is -2.22. The number of carbonyl (C=O) groups is 1. The smallest absolute Gasteiger partial charge is 0.267 e. The number of nitrogens with zero attached hydrogens (tertiary/aromatic N) is 3. The molecule has 0 saturated carbocycles. The average molecular weight is 362 g/mol. The van der Waals surface area contributed by atoms with E-state index < -0.39 is 0 Å². The van der Waals surface area contributed by atoms with E-state index in [0.29, 0.717) is 17.1 Å². The molecule has 1 amide bonds. The van der Waals surface area contributed by atoms with Crippen LogP contribution in [0.4, 0.5) is 0 Å². The van der Waals surface area contributed by atoms with Crippen molar-refractivity contribution in [1.82, 2.24) is 9.99 Å². The van der Waals surface area contributed by atoms with Crippen molar-refractivity contribution in [3.05, 3.63) is 101 Å². The Balaban J connectivity index is 1.72. The van der Waals surface area contributed by atoms with Crippen molar-refractivity contribution in [2.24, 2.45) is 5.10 Å². The van der Waals surface area contributed by atoms with Gasteiger partial charge >= 0.3 is 0 Å². The summed E-state index contributed by atoms with van der Waals surface area (Å²) in [5, 5.41) is 6.65. The molecule has 3 aromatic rings. The van der Waals surface area contributed by atoms with Gasteiger partial charge in [-0.05, 0) is 29.8 Å². The van der Waals surface area contributed by atoms with Crippen molar-refractivity contribution in [1.29, 1.82) is 0 Å². The zero-order valence-electron chi connectivity index (χ0n) is 13.9. The number of hydrogen-bond acceptors (Lipinski definition) is 3. The molecule has 0 saturated heterocycles. The van der Waals surface area contributed by atoms with Gasteiger partial charge in [0.1, 0.15) is 5.15 Å². The fourth-order valence-corrected chi connectivity index (χ4v) is 3.18. The van der Waals surface area contributed by atoms with Crippen molar-refractivity contribution in [3.63, 3.8) is 0 Å². The predicted octanol–water partition coefficient (Wildman–Crippen LogP) is 4.73. The molecule has 0 N–H and O–H groups in total. The van der Waals surface area contributed by atoms with Crippen LogP contribution in [0, 0.1) is 0 Å². The van der Waals surface area contributed by atoms with Crippen molar-refractivity contribution in [3.8, 4) is 0 Å². The molecule has 1 atom stereocenters. The van der Waals surface area contributed by atoms with E-state index in [1.54, 1.807) is 17.3 Å². The minimum absolute atomic E-state index is 0.114. The maximum atomic E-state index is 13.0. The predicted molar refractivity (Wildman–Crippen MR) is 102 cm³/mol. The van der Waals surface area contributed by atoms with Gasteiger partial charge in [-0.25, -0.2) is 9.99 Å². The second-order valence-electron chi connectivity index (χ2n) is 6.06. The maximum Gasteiger partial charge on any atom is 0.274 e. The fourth-order valence-electron chi connectivity index (χ4n) is 3.07. The molecule has 0 fully saturated rings. The van der Waals surface area contributed by atoms with Crippen LogP contribution >= 0.6 is 11.6 Å². The molecule has 1 aliphatic heterocycles. The third kappa shape index (κ3) is 3.24. The number of aromatic nitrogens is 1. The van der Waals surface area contributed by atoms with Gasteiger partial charge in [0.15, 0.2) is 0 Å². The van der Waals surface area contributed by atoms with Gasteiger partial charge in [-0.3, -0.25) is 4.79 Å². The summed E-state index contributed by atoms with van der Waals surface area (Å²) in [7, 11) is 0. The minimum atomic E-state index is -0.144. The Morgan fingerprint density at radius 1 is 0.962 bits per heavy atom. The van der Waals surface area contributed by atoms with Gasteiger partial charge in [0, 0.05) is 23.7 Å². The van der Waals surface area contributed by atoms with Gasteiger partial charge in [0.05, 0.1) is 11.8 Å². The highest BCUT2D eigenvalue weighted by molar-refractivity contribution is 6.29. The first kappa shape index (κ1) is 16.5. The Morgan fingerprint density at radius 3 is 2.31 bits per heavy atom. The van der Waals surface area contributed by atoms with Crippen LogP contribution in [0.15, 0.2) is 84.1 Å². The zero-order valence-corrected chi connectivity index (χ0v) is 14.7. The number of pyridine rings is 1. The number of amides is 1. The molecule has 4 nitrogen and oxygen atoms in total. The van der Waals surface area contributed by atoms with Crippen molar-refractivity contribution in [2.75, 3.05) is 0 Å². The van der Waals surface area contributed by atoms with Crippen LogP contribution in [0.3, 0.4) is 0 Å². The first-order valence-electron chi connectivity index (χ1n) is 8.35. The van der Waals surface area contributed by atoms with Crippen LogP contribution in [0.1, 0.15) is 33.9 Å². The van der Waals surface area contributed by atoms with Crippen LogP contribution in [-0.2, 0) is 0 Å². The Bertz CT molecular complexity index is 940. The second kappa shape index (κ2) is 7.10. The Kier molecular flexibility index (Phi) is 4.50. The van der Waals surface area contributed by atoms with E-state index in [1.807, 2.05) is 66.7 Å². The quantitative estimate of drug-likeness (QED) is 0.633. The maximum absolute atomic E-state index is 13.0. The molecule has 1 aromatic heterocycles. The summed E-state index contributed by atoms with van der Waals surface area (Å²) in [6.45, 7) is 0. The summed E-state index contributed by atoms with van der Waals surface area (Å²) in [6, 6.07) is 22.6. The number of rotatable bonds is 3. The summed E-state index contributed by atoms with van der Waals surface area (Å²) in [6.07, 6.45) is 2.33. The Hall–Kier alpha value is -2.98. The first-order valence-corrected chi connectivity index (χ1v) is 8.73. The summed E-state index contributed by atoms with van der Waals surface area (Å²) < 4.78 is 0. The normalized spacial score (nSPS) is 16.4. The summed E-state index contributed by atoms with van der Waals surface area (Å²) >= 11 is 5.89. The van der Waals surface area contributed by atoms with E-state index in [1.165, 1.54) is 0 Å². The number of benzene rings is 2. The lowest BCUT2D eigenvalue weighted by Crippen LogP contribution is -2.27. The monoisotopic (exact) mass is 361 g/mol. The highest BCUT2D eigenvalue weighted by Gasteiger charge is 2.33. The standard InChI is InChI=1S/C21H16ClN3O/c22-20-12-11-17(14-23-20)18-13-19(15-7-3-1-4-8-15)25(24-18)21(26)16-9-5-2-6-10-16/h1-12,14,19H,13H2. The van der Waals surface area contributed by atoms with E-state index >= 15 is 0 Å². The highest BCUT2D eigenvalue weighted by Crippen LogP contribution is 2.33. The lowest BCUT2D eigenvalue weighted by atomic mass is 9.99. The fraction of sp³-hybridized carbons (Fsp3) is 0.0952. The summed E-state index contributed by atoms with van der Waals surface area (Å²) in [5.41, 5.74) is 3.37. The molecule has 1 aliphatic rings. The van der Waals surface area contributed by atoms with Crippen molar-refractivity contribution in [2.45, 2.75) is 12.5 Å². The third-order valence-corrected chi connectivity index (χ3v) is 4.61. The molecule has 2 aromatic carbocycles. The largest absolute Gasteiger partial charge is 0.274 e. The molecule has 5 heteroatoms. The molecule has 4 rings (SSSR count). The molecule has 2 heterocycles. The SMILES string of the molecule is O=C(c1ccccc1)N1N=C(c2ccc(Cl)nc2)CC1c1ccccc1. The summed E-state index contributed by atoms with van der Waals surface area (Å²) in [4.78, 5) is 17.2. The van der Waals surface area contributed by atoms with E-state index in [0.717, 1.165) is 16.8 Å². The molecule has 1 unspecified atom stereocenters. The van der Waals surface area contributed by atoms with E-state index in [4.69, 9.17) is 11.6 Å². The molecule has 0 spiro atoms. The highest BCUT2D eigenvalue weighted by atomic mass is 35.5. The number of hydrogen-bond donors (Lipinski definition) is 0. The second-order valence-corrected chi connectivity index (χ2v) is 6.45. The van der Waals surface area contributed by atoms with E-state index in [9.17, 15) is 4.79 Å². The number of carbonyl (C=O) groups excluding carboxylic acids is 1. The van der Waals surface area contributed by atoms with Crippen LogP contribution < -0.4 is 0 Å². The topological polar surface area (TPSA) is 45.6 Å². The average Bonchev–Trinajstić information content (AvgIpc) is 3.15. The zero-order chi connectivity index (χ0) is 17.9. The molecular weight excluding hydrogens is 346 g/mol. The molecule has 0 bridgehead atoms. The molecule has 0 radical (unpaired) electrons. The minimum Gasteiger partial charge on any atom is -0.267 e. The van der Waals surface area contributed by atoms with Crippen LogP contribution in [-0.4, -0.2) is 21.6 Å². The Labute approximate surface area is 156 Å². The van der Waals surface area contributed by atoms with Gasteiger partial charge in [-0.2, -0.15) is 5.10 Å². The van der Waals surface area contributed by atoms with Crippen LogP contribution in [0.2, 0.25) is 5.15 Å². The first-order chi connectivity index (χ1) is 12.7. The molecule has 26 heavy (non-hydrogen) atoms. The van der Waals surface area contributed by atoms with E-state index in [-0.39, 0.29) is 11.9 Å². The van der Waals surface area contributed by atoms with E-state index in [2.05, 4.69) is 10.1 Å². The Morgan fingerprint density at radius 2 is 1.65 bits per heavy atom. The molecule has 0 aliphatic carbocycles. The third-order valence-electron chi connectivity index (χ3n) is 4.38. The van der Waals surface area contributed by atoms with Gasteiger partial charge in [-0.15, -0.1) is 0 Å². The van der Waals surface area contributed by atoms with Gasteiger partial charge in [-0.1, -0.05) is 60.1 Å². The van der Waals surface area contributed by atoms with Crippen molar-refractivity contribution >= 4 is 23.2 Å². The molecule has 128 valence electrons. The number of hydrazone groups is 1. The molecular formula is C21H16ClN3O. The van der Waals surface area contributed by atoms with Gasteiger partial charge in [0.25, 0.3) is 5.91 Å².